The van der Waals surface area contributed by atoms with Crippen molar-refractivity contribution in [1.82, 2.24) is 10.0 Å². The molecular formula is C15H20F4N2O6S. The largest absolute Gasteiger partial charge is 0.508 e. The standard InChI is InChI=1S/C15H20F4N2O6S/c1-10-8-13(11(16)9-12(10)22)28(24,25)21-3-5-27-7-6-26-4-2-20-14(23)15(17,18)19/h8-9,21-22H,2-7H2,1H3,(H,20,23). The maximum Gasteiger partial charge on any atom is 0.471 e. The molecule has 0 aliphatic carbocycles. The first kappa shape index (κ1) is 24.1. The number of benzene rings is 1. The van der Waals surface area contributed by atoms with Crippen molar-refractivity contribution in [2.45, 2.75) is 18.0 Å². The predicted molar refractivity (Wildman–Crippen MR) is 88.7 cm³/mol. The lowest BCUT2D eigenvalue weighted by atomic mass is 10.2. The van der Waals surface area contributed by atoms with E-state index in [9.17, 15) is 35.9 Å². The normalized spacial score (nSPS) is 12.2. The first-order chi connectivity index (χ1) is 12.9. The molecule has 0 aromatic heterocycles. The second-order valence-electron chi connectivity index (χ2n) is 5.45. The summed E-state index contributed by atoms with van der Waals surface area (Å²) in [5.41, 5.74) is 0.196. The first-order valence-electron chi connectivity index (χ1n) is 7.94. The molecule has 1 aromatic rings. The van der Waals surface area contributed by atoms with Crippen LogP contribution in [0, 0.1) is 12.7 Å². The Morgan fingerprint density at radius 1 is 1.11 bits per heavy atom. The number of sulfonamides is 1. The molecule has 0 saturated heterocycles. The van der Waals surface area contributed by atoms with Gasteiger partial charge in [-0.15, -0.1) is 0 Å². The highest BCUT2D eigenvalue weighted by molar-refractivity contribution is 7.89. The fraction of sp³-hybridized carbons (Fsp3) is 0.533. The minimum absolute atomic E-state index is 0.0143. The van der Waals surface area contributed by atoms with Gasteiger partial charge in [-0.3, -0.25) is 4.79 Å². The molecule has 1 amide bonds. The van der Waals surface area contributed by atoms with Gasteiger partial charge in [0.1, 0.15) is 16.5 Å². The SMILES string of the molecule is Cc1cc(S(=O)(=O)NCCOCCOCCNC(=O)C(F)(F)F)c(F)cc1O. The van der Waals surface area contributed by atoms with Crippen LogP contribution in [0.1, 0.15) is 5.56 Å². The summed E-state index contributed by atoms with van der Waals surface area (Å²) in [6, 6.07) is 1.70. The molecule has 0 unspecified atom stereocenters. The van der Waals surface area contributed by atoms with Crippen LogP contribution >= 0.6 is 0 Å². The molecule has 1 rings (SSSR count). The van der Waals surface area contributed by atoms with E-state index in [4.69, 9.17) is 9.47 Å². The fourth-order valence-electron chi connectivity index (χ4n) is 1.84. The van der Waals surface area contributed by atoms with E-state index in [2.05, 4.69) is 4.72 Å². The third-order valence-corrected chi connectivity index (χ3v) is 4.72. The molecule has 0 spiro atoms. The van der Waals surface area contributed by atoms with Crippen molar-refractivity contribution in [3.63, 3.8) is 0 Å². The van der Waals surface area contributed by atoms with Crippen LogP contribution in [0.15, 0.2) is 17.0 Å². The second-order valence-corrected chi connectivity index (χ2v) is 7.18. The lowest BCUT2D eigenvalue weighted by Gasteiger charge is -2.10. The molecule has 0 aliphatic rings. The van der Waals surface area contributed by atoms with E-state index in [1.165, 1.54) is 6.92 Å². The number of phenolic OH excluding ortho intramolecular Hbond substituents is 1. The van der Waals surface area contributed by atoms with Crippen molar-refractivity contribution < 1.29 is 45.4 Å². The van der Waals surface area contributed by atoms with Crippen molar-refractivity contribution >= 4 is 15.9 Å². The Balaban J connectivity index is 2.19. The Bertz CT molecular complexity index is 771. The van der Waals surface area contributed by atoms with Gasteiger partial charge in [-0.25, -0.2) is 17.5 Å². The third kappa shape index (κ3) is 7.96. The van der Waals surface area contributed by atoms with Crippen LogP contribution < -0.4 is 10.0 Å². The molecule has 28 heavy (non-hydrogen) atoms. The number of halogens is 4. The van der Waals surface area contributed by atoms with Crippen LogP contribution in [0.25, 0.3) is 0 Å². The van der Waals surface area contributed by atoms with Gasteiger partial charge >= 0.3 is 12.1 Å². The summed E-state index contributed by atoms with van der Waals surface area (Å²) >= 11 is 0. The van der Waals surface area contributed by atoms with Crippen LogP contribution in [0.4, 0.5) is 17.6 Å². The quantitative estimate of drug-likeness (QED) is 0.353. The molecule has 13 heteroatoms. The van der Waals surface area contributed by atoms with Crippen molar-refractivity contribution in [2.24, 2.45) is 0 Å². The number of nitrogens with one attached hydrogen (secondary N) is 2. The highest BCUT2D eigenvalue weighted by Crippen LogP contribution is 2.23. The van der Waals surface area contributed by atoms with Crippen molar-refractivity contribution in [1.29, 1.82) is 0 Å². The van der Waals surface area contributed by atoms with Gasteiger partial charge in [0.25, 0.3) is 0 Å². The molecule has 3 N–H and O–H groups in total. The molecule has 0 bridgehead atoms. The molecule has 160 valence electrons. The number of phenols is 1. The minimum atomic E-state index is -4.95. The number of hydrogen-bond acceptors (Lipinski definition) is 6. The second kappa shape index (κ2) is 10.5. The summed E-state index contributed by atoms with van der Waals surface area (Å²) in [5, 5.41) is 11.0. The molecular weight excluding hydrogens is 412 g/mol. The molecule has 0 aliphatic heterocycles. The summed E-state index contributed by atoms with van der Waals surface area (Å²) in [4.78, 5) is 9.90. The van der Waals surface area contributed by atoms with Gasteiger partial charge in [0.15, 0.2) is 0 Å². The number of carbonyl (C=O) groups is 1. The molecule has 0 atom stereocenters. The Kier molecular flexibility index (Phi) is 9.07. The Morgan fingerprint density at radius 3 is 2.25 bits per heavy atom. The molecule has 0 fully saturated rings. The number of aromatic hydroxyl groups is 1. The Morgan fingerprint density at radius 2 is 1.68 bits per heavy atom. The summed E-state index contributed by atoms with van der Waals surface area (Å²) < 4.78 is 85.6. The number of ether oxygens (including phenoxy) is 2. The van der Waals surface area contributed by atoms with Crippen molar-refractivity contribution in [2.75, 3.05) is 39.5 Å². The number of amides is 1. The van der Waals surface area contributed by atoms with Crippen LogP contribution in [-0.2, 0) is 24.3 Å². The first-order valence-corrected chi connectivity index (χ1v) is 9.42. The molecule has 8 nitrogen and oxygen atoms in total. The van der Waals surface area contributed by atoms with E-state index in [-0.39, 0.29) is 50.8 Å². The lowest BCUT2D eigenvalue weighted by molar-refractivity contribution is -0.173. The zero-order valence-corrected chi connectivity index (χ0v) is 15.6. The van der Waals surface area contributed by atoms with Gasteiger partial charge in [-0.1, -0.05) is 0 Å². The van der Waals surface area contributed by atoms with Gasteiger partial charge in [0, 0.05) is 19.2 Å². The topological polar surface area (TPSA) is 114 Å². The summed E-state index contributed by atoms with van der Waals surface area (Å²) in [6.45, 7) is 0.760. The van der Waals surface area contributed by atoms with E-state index in [1.807, 2.05) is 0 Å². The number of alkyl halides is 3. The Hall–Kier alpha value is -1.96. The van der Waals surface area contributed by atoms with Crippen LogP contribution in [0.5, 0.6) is 5.75 Å². The van der Waals surface area contributed by atoms with E-state index in [0.717, 1.165) is 6.07 Å². The molecule has 0 saturated carbocycles. The minimum Gasteiger partial charge on any atom is -0.508 e. The smallest absolute Gasteiger partial charge is 0.471 e. The summed E-state index contributed by atoms with van der Waals surface area (Å²) in [6.07, 6.45) is -4.95. The predicted octanol–water partition coefficient (Wildman–Crippen LogP) is 0.830. The van der Waals surface area contributed by atoms with Crippen molar-refractivity contribution in [3.8, 4) is 5.75 Å². The van der Waals surface area contributed by atoms with E-state index >= 15 is 0 Å². The molecule has 0 radical (unpaired) electrons. The van der Waals surface area contributed by atoms with Gasteiger partial charge < -0.3 is 19.9 Å². The number of carbonyl (C=O) groups excluding carboxylic acids is 1. The van der Waals surface area contributed by atoms with Crippen LogP contribution in [0.3, 0.4) is 0 Å². The zero-order chi connectivity index (χ0) is 21.4. The average Bonchev–Trinajstić information content (AvgIpc) is 2.58. The average molecular weight is 432 g/mol. The van der Waals surface area contributed by atoms with Crippen LogP contribution in [0.2, 0.25) is 0 Å². The zero-order valence-electron chi connectivity index (χ0n) is 14.8. The highest BCUT2D eigenvalue weighted by Gasteiger charge is 2.38. The highest BCUT2D eigenvalue weighted by atomic mass is 32.2. The maximum atomic E-state index is 13.7. The van der Waals surface area contributed by atoms with Gasteiger partial charge in [-0.2, -0.15) is 13.2 Å². The monoisotopic (exact) mass is 432 g/mol. The fourth-order valence-corrected chi connectivity index (χ4v) is 2.99. The van der Waals surface area contributed by atoms with Crippen molar-refractivity contribution in [3.05, 3.63) is 23.5 Å². The number of aryl methyl sites for hydroxylation is 1. The molecule has 1 aromatic carbocycles. The Labute approximate surface area is 158 Å². The number of hydrogen-bond donors (Lipinski definition) is 3. The van der Waals surface area contributed by atoms with E-state index in [0.29, 0.717) is 6.07 Å². The van der Waals surface area contributed by atoms with Gasteiger partial charge in [-0.05, 0) is 18.6 Å². The number of rotatable bonds is 11. The third-order valence-electron chi connectivity index (χ3n) is 3.24. The van der Waals surface area contributed by atoms with Gasteiger partial charge in [0.05, 0.1) is 26.4 Å². The maximum absolute atomic E-state index is 13.7. The van der Waals surface area contributed by atoms with Crippen LogP contribution in [-0.4, -0.2) is 65.1 Å². The van der Waals surface area contributed by atoms with E-state index in [1.54, 1.807) is 5.32 Å². The summed E-state index contributed by atoms with van der Waals surface area (Å²) in [5.74, 6) is -3.51. The van der Waals surface area contributed by atoms with Gasteiger partial charge in [0.2, 0.25) is 10.0 Å². The molecule has 0 heterocycles. The summed E-state index contributed by atoms with van der Waals surface area (Å²) in [7, 11) is -4.13. The van der Waals surface area contributed by atoms with E-state index < -0.39 is 32.8 Å². The lowest BCUT2D eigenvalue weighted by Crippen LogP contribution is -2.38.